The van der Waals surface area contributed by atoms with Crippen LogP contribution < -0.4 is 5.32 Å². The van der Waals surface area contributed by atoms with Crippen LogP contribution in [0.4, 0.5) is 0 Å². The average Bonchev–Trinajstić information content (AvgIpc) is 3.01. The van der Waals surface area contributed by atoms with Gasteiger partial charge >= 0.3 is 0 Å². The summed E-state index contributed by atoms with van der Waals surface area (Å²) in [5.41, 5.74) is 2.26. The molecule has 1 saturated carbocycles. The van der Waals surface area contributed by atoms with Crippen LogP contribution in [0, 0.1) is 12.8 Å². The molecule has 1 heterocycles. The standard InChI is InChI=1S/C12H20ClN3/c1-8(7-14-10-4-5-10)6-11-9(2)15-16(3)12(11)13/h8,10,14H,4-7H2,1-3H3. The van der Waals surface area contributed by atoms with E-state index in [-0.39, 0.29) is 0 Å². The summed E-state index contributed by atoms with van der Waals surface area (Å²) >= 11 is 6.21. The van der Waals surface area contributed by atoms with Crippen molar-refractivity contribution in [3.05, 3.63) is 16.4 Å². The molecule has 1 aliphatic rings. The van der Waals surface area contributed by atoms with Gasteiger partial charge in [-0.1, -0.05) is 18.5 Å². The van der Waals surface area contributed by atoms with Gasteiger partial charge in [0.25, 0.3) is 0 Å². The zero-order chi connectivity index (χ0) is 11.7. The van der Waals surface area contributed by atoms with E-state index in [0.717, 1.165) is 29.9 Å². The van der Waals surface area contributed by atoms with Crippen LogP contribution in [0.5, 0.6) is 0 Å². The first-order chi connectivity index (χ1) is 7.58. The van der Waals surface area contributed by atoms with Crippen molar-refractivity contribution in [2.24, 2.45) is 13.0 Å². The number of nitrogens with one attached hydrogen (secondary N) is 1. The zero-order valence-electron chi connectivity index (χ0n) is 10.3. The first-order valence-corrected chi connectivity index (χ1v) is 6.37. The molecule has 1 aliphatic carbocycles. The van der Waals surface area contributed by atoms with Gasteiger partial charge in [0.1, 0.15) is 5.15 Å². The lowest BCUT2D eigenvalue weighted by Crippen LogP contribution is -2.24. The van der Waals surface area contributed by atoms with Gasteiger partial charge in [-0.25, -0.2) is 0 Å². The van der Waals surface area contributed by atoms with Gasteiger partial charge in [-0.3, -0.25) is 4.68 Å². The number of hydrogen-bond acceptors (Lipinski definition) is 2. The normalized spacial score (nSPS) is 17.8. The maximum absolute atomic E-state index is 6.21. The third-order valence-corrected chi connectivity index (χ3v) is 3.63. The highest BCUT2D eigenvalue weighted by Gasteiger charge is 2.21. The van der Waals surface area contributed by atoms with Gasteiger partial charge in [-0.05, 0) is 38.6 Å². The number of nitrogens with zero attached hydrogens (tertiary/aromatic N) is 2. The lowest BCUT2D eigenvalue weighted by molar-refractivity contribution is 0.508. The van der Waals surface area contributed by atoms with Crippen LogP contribution in [0.2, 0.25) is 5.15 Å². The van der Waals surface area contributed by atoms with Gasteiger partial charge in [-0.2, -0.15) is 5.10 Å². The molecule has 1 atom stereocenters. The number of aryl methyl sites for hydroxylation is 2. The highest BCUT2D eigenvalue weighted by Crippen LogP contribution is 2.23. The van der Waals surface area contributed by atoms with Crippen molar-refractivity contribution in [3.8, 4) is 0 Å². The monoisotopic (exact) mass is 241 g/mol. The second-order valence-corrected chi connectivity index (χ2v) is 5.33. The zero-order valence-corrected chi connectivity index (χ0v) is 11.0. The highest BCUT2D eigenvalue weighted by molar-refractivity contribution is 6.30. The van der Waals surface area contributed by atoms with Gasteiger partial charge in [0.05, 0.1) is 5.69 Å². The lowest BCUT2D eigenvalue weighted by atomic mass is 10.0. The van der Waals surface area contributed by atoms with E-state index in [0.29, 0.717) is 5.92 Å². The third-order valence-electron chi connectivity index (χ3n) is 3.15. The Morgan fingerprint density at radius 2 is 2.25 bits per heavy atom. The fourth-order valence-electron chi connectivity index (χ4n) is 1.98. The molecule has 0 radical (unpaired) electrons. The second-order valence-electron chi connectivity index (χ2n) is 4.97. The Bertz CT molecular complexity index is 369. The van der Waals surface area contributed by atoms with E-state index in [1.807, 2.05) is 14.0 Å². The van der Waals surface area contributed by atoms with E-state index in [4.69, 9.17) is 11.6 Å². The largest absolute Gasteiger partial charge is 0.314 e. The van der Waals surface area contributed by atoms with Gasteiger partial charge < -0.3 is 5.32 Å². The minimum atomic E-state index is 0.612. The van der Waals surface area contributed by atoms with E-state index in [1.54, 1.807) is 4.68 Å². The van der Waals surface area contributed by atoms with Crippen molar-refractivity contribution in [1.82, 2.24) is 15.1 Å². The molecule has 1 unspecified atom stereocenters. The Kier molecular flexibility index (Phi) is 3.55. The van der Waals surface area contributed by atoms with Crippen LogP contribution in [-0.4, -0.2) is 22.4 Å². The molecule has 1 N–H and O–H groups in total. The van der Waals surface area contributed by atoms with Crippen molar-refractivity contribution < 1.29 is 0 Å². The SMILES string of the molecule is Cc1nn(C)c(Cl)c1CC(C)CNC1CC1. The molecule has 0 aromatic carbocycles. The number of hydrogen-bond donors (Lipinski definition) is 1. The molecule has 1 aromatic heterocycles. The predicted molar refractivity (Wildman–Crippen MR) is 66.8 cm³/mol. The van der Waals surface area contributed by atoms with E-state index in [2.05, 4.69) is 17.3 Å². The molecule has 0 spiro atoms. The minimum absolute atomic E-state index is 0.612. The Labute approximate surface area is 102 Å². The van der Waals surface area contributed by atoms with Crippen molar-refractivity contribution in [1.29, 1.82) is 0 Å². The molecular weight excluding hydrogens is 222 g/mol. The Hall–Kier alpha value is -0.540. The van der Waals surface area contributed by atoms with Crippen LogP contribution in [0.25, 0.3) is 0 Å². The summed E-state index contributed by atoms with van der Waals surface area (Å²) < 4.78 is 1.76. The van der Waals surface area contributed by atoms with Crippen molar-refractivity contribution >= 4 is 11.6 Å². The first-order valence-electron chi connectivity index (χ1n) is 5.99. The molecule has 1 aromatic rings. The molecule has 1 fully saturated rings. The topological polar surface area (TPSA) is 29.9 Å². The van der Waals surface area contributed by atoms with Crippen LogP contribution >= 0.6 is 11.6 Å². The number of halogens is 1. The molecule has 4 heteroatoms. The molecule has 0 bridgehead atoms. The quantitative estimate of drug-likeness (QED) is 0.858. The average molecular weight is 242 g/mol. The summed E-state index contributed by atoms with van der Waals surface area (Å²) in [5.74, 6) is 0.612. The molecule has 90 valence electrons. The Morgan fingerprint density at radius 3 is 2.75 bits per heavy atom. The maximum Gasteiger partial charge on any atom is 0.130 e. The highest BCUT2D eigenvalue weighted by atomic mass is 35.5. The number of rotatable bonds is 5. The maximum atomic E-state index is 6.21. The Balaban J connectivity index is 1.91. The van der Waals surface area contributed by atoms with Gasteiger partial charge in [0.15, 0.2) is 0 Å². The molecule has 3 nitrogen and oxygen atoms in total. The van der Waals surface area contributed by atoms with E-state index >= 15 is 0 Å². The molecule has 0 saturated heterocycles. The second kappa shape index (κ2) is 4.76. The first kappa shape index (κ1) is 11.9. The van der Waals surface area contributed by atoms with E-state index < -0.39 is 0 Å². The fourth-order valence-corrected chi connectivity index (χ4v) is 2.23. The van der Waals surface area contributed by atoms with Crippen molar-refractivity contribution in [3.63, 3.8) is 0 Å². The summed E-state index contributed by atoms with van der Waals surface area (Å²) in [4.78, 5) is 0. The molecular formula is C12H20ClN3. The summed E-state index contributed by atoms with van der Waals surface area (Å²) in [6.45, 7) is 5.37. The molecule has 16 heavy (non-hydrogen) atoms. The number of aromatic nitrogens is 2. The van der Waals surface area contributed by atoms with Crippen LogP contribution in [0.3, 0.4) is 0 Å². The summed E-state index contributed by atoms with van der Waals surface area (Å²) in [6.07, 6.45) is 3.71. The van der Waals surface area contributed by atoms with Crippen molar-refractivity contribution in [2.75, 3.05) is 6.54 Å². The van der Waals surface area contributed by atoms with Gasteiger partial charge in [-0.15, -0.1) is 0 Å². The van der Waals surface area contributed by atoms with Gasteiger partial charge in [0.2, 0.25) is 0 Å². The van der Waals surface area contributed by atoms with Crippen LogP contribution in [0.1, 0.15) is 31.0 Å². The van der Waals surface area contributed by atoms with E-state index in [9.17, 15) is 0 Å². The minimum Gasteiger partial charge on any atom is -0.314 e. The molecule has 0 aliphatic heterocycles. The summed E-state index contributed by atoms with van der Waals surface area (Å²) in [7, 11) is 1.89. The fraction of sp³-hybridized carbons (Fsp3) is 0.750. The summed E-state index contributed by atoms with van der Waals surface area (Å²) in [5, 5.41) is 8.68. The smallest absolute Gasteiger partial charge is 0.130 e. The molecule has 0 amide bonds. The Morgan fingerprint density at radius 1 is 1.56 bits per heavy atom. The van der Waals surface area contributed by atoms with Crippen LogP contribution in [-0.2, 0) is 13.5 Å². The molecule has 2 rings (SSSR count). The lowest BCUT2D eigenvalue weighted by Gasteiger charge is -2.12. The van der Waals surface area contributed by atoms with Crippen molar-refractivity contribution in [2.45, 2.75) is 39.2 Å². The summed E-state index contributed by atoms with van der Waals surface area (Å²) in [6, 6.07) is 0.785. The predicted octanol–water partition coefficient (Wildman–Crippen LogP) is 2.31. The van der Waals surface area contributed by atoms with Crippen LogP contribution in [0.15, 0.2) is 0 Å². The third kappa shape index (κ3) is 2.77. The van der Waals surface area contributed by atoms with E-state index in [1.165, 1.54) is 18.4 Å². The van der Waals surface area contributed by atoms with Gasteiger partial charge in [0, 0.05) is 18.7 Å².